The van der Waals surface area contributed by atoms with E-state index >= 15 is 0 Å². The van der Waals surface area contributed by atoms with Gasteiger partial charge in [0.2, 0.25) is 0 Å². The molecule has 2 aromatic rings. The number of halogens is 1. The Hall–Kier alpha value is -1.63. The lowest BCUT2D eigenvalue weighted by Gasteiger charge is -2.20. The van der Waals surface area contributed by atoms with Gasteiger partial charge in [-0.15, -0.1) is 4.68 Å². The molecule has 0 aromatic carbocycles. The maximum atomic E-state index is 11.8. The van der Waals surface area contributed by atoms with E-state index in [1.54, 1.807) is 18.3 Å². The van der Waals surface area contributed by atoms with Gasteiger partial charge in [0.1, 0.15) is 6.10 Å². The first kappa shape index (κ1) is 13.4. The van der Waals surface area contributed by atoms with E-state index in [4.69, 9.17) is 9.15 Å². The standard InChI is InChI=1S/C13H14BrN3O3/c14-9-6-7-11(15-8-9)17-13(18)20-12(16-17)19-10-4-2-1-3-5-10/h6-8,10H,1-5H2. The van der Waals surface area contributed by atoms with E-state index in [1.807, 2.05) is 0 Å². The third-order valence-corrected chi connectivity index (χ3v) is 3.75. The minimum absolute atomic E-state index is 0.0200. The molecule has 6 nitrogen and oxygen atoms in total. The van der Waals surface area contributed by atoms with Crippen molar-refractivity contribution in [3.05, 3.63) is 33.4 Å². The highest BCUT2D eigenvalue weighted by Crippen LogP contribution is 2.21. The highest BCUT2D eigenvalue weighted by molar-refractivity contribution is 9.10. The molecule has 0 radical (unpaired) electrons. The van der Waals surface area contributed by atoms with Crippen molar-refractivity contribution in [1.82, 2.24) is 14.8 Å². The van der Waals surface area contributed by atoms with Gasteiger partial charge in [0, 0.05) is 10.7 Å². The van der Waals surface area contributed by atoms with Crippen molar-refractivity contribution in [1.29, 1.82) is 0 Å². The van der Waals surface area contributed by atoms with Gasteiger partial charge in [0.15, 0.2) is 5.82 Å². The number of rotatable bonds is 3. The summed E-state index contributed by atoms with van der Waals surface area (Å²) in [6, 6.07) is 3.46. The average molecular weight is 340 g/mol. The molecule has 0 N–H and O–H groups in total. The predicted octanol–water partition coefficient (Wildman–Crippen LogP) is 2.69. The highest BCUT2D eigenvalue weighted by Gasteiger charge is 2.19. The van der Waals surface area contributed by atoms with Gasteiger partial charge in [0.25, 0.3) is 0 Å². The monoisotopic (exact) mass is 339 g/mol. The minimum atomic E-state index is -0.592. The van der Waals surface area contributed by atoms with Gasteiger partial charge in [-0.3, -0.25) is 0 Å². The SMILES string of the molecule is O=c1oc(OC2CCCCC2)nn1-c1ccc(Br)cn1. The molecule has 0 atom stereocenters. The van der Waals surface area contributed by atoms with Gasteiger partial charge in [0.05, 0.1) is 0 Å². The number of hydrogen-bond donors (Lipinski definition) is 0. The third kappa shape index (κ3) is 2.92. The van der Waals surface area contributed by atoms with E-state index in [9.17, 15) is 4.79 Å². The maximum absolute atomic E-state index is 11.8. The van der Waals surface area contributed by atoms with Gasteiger partial charge >= 0.3 is 11.8 Å². The normalized spacial score (nSPS) is 16.2. The van der Waals surface area contributed by atoms with Crippen LogP contribution in [0.15, 0.2) is 32.0 Å². The van der Waals surface area contributed by atoms with Crippen LogP contribution in [0.3, 0.4) is 0 Å². The molecule has 1 saturated carbocycles. The Kier molecular flexibility index (Phi) is 3.86. The van der Waals surface area contributed by atoms with Gasteiger partial charge in [-0.25, -0.2) is 9.78 Å². The Morgan fingerprint density at radius 1 is 1.30 bits per heavy atom. The van der Waals surface area contributed by atoms with Crippen molar-refractivity contribution in [3.63, 3.8) is 0 Å². The maximum Gasteiger partial charge on any atom is 0.445 e. The molecule has 0 unspecified atom stereocenters. The van der Waals surface area contributed by atoms with Crippen LogP contribution in [0.25, 0.3) is 5.82 Å². The third-order valence-electron chi connectivity index (χ3n) is 3.28. The molecule has 3 rings (SSSR count). The summed E-state index contributed by atoms with van der Waals surface area (Å²) in [6.07, 6.45) is 7.19. The van der Waals surface area contributed by atoms with Crippen LogP contribution in [-0.4, -0.2) is 20.9 Å². The number of nitrogens with zero attached hydrogens (tertiary/aromatic N) is 3. The first-order valence-corrected chi connectivity index (χ1v) is 7.40. The molecule has 0 aliphatic heterocycles. The fourth-order valence-electron chi connectivity index (χ4n) is 2.27. The molecule has 0 amide bonds. The quantitative estimate of drug-likeness (QED) is 0.859. The van der Waals surface area contributed by atoms with E-state index < -0.39 is 5.76 Å². The Bertz CT molecular complexity index is 629. The molecule has 0 saturated heterocycles. The topological polar surface area (TPSA) is 70.2 Å². The second kappa shape index (κ2) is 5.78. The summed E-state index contributed by atoms with van der Waals surface area (Å²) in [6.45, 7) is 0. The molecule has 20 heavy (non-hydrogen) atoms. The van der Waals surface area contributed by atoms with Crippen LogP contribution in [0.2, 0.25) is 0 Å². The van der Waals surface area contributed by atoms with Crippen molar-refractivity contribution in [2.75, 3.05) is 0 Å². The second-order valence-electron chi connectivity index (χ2n) is 4.76. The van der Waals surface area contributed by atoms with E-state index in [0.29, 0.717) is 5.82 Å². The molecule has 2 heterocycles. The molecular formula is C13H14BrN3O3. The zero-order valence-electron chi connectivity index (χ0n) is 10.8. The summed E-state index contributed by atoms with van der Waals surface area (Å²) in [5.74, 6) is -0.189. The lowest BCUT2D eigenvalue weighted by Crippen LogP contribution is -2.19. The van der Waals surface area contributed by atoms with Crippen LogP contribution >= 0.6 is 15.9 Å². The van der Waals surface area contributed by atoms with Gasteiger partial charge in [-0.2, -0.15) is 0 Å². The number of hydrogen-bond acceptors (Lipinski definition) is 5. The van der Waals surface area contributed by atoms with Crippen LogP contribution in [0.4, 0.5) is 0 Å². The summed E-state index contributed by atoms with van der Waals surface area (Å²) in [5, 5.41) is 4.04. The van der Waals surface area contributed by atoms with E-state index in [0.717, 1.165) is 34.8 Å². The average Bonchev–Trinajstić information content (AvgIpc) is 2.81. The summed E-state index contributed by atoms with van der Waals surface area (Å²) >= 11 is 3.29. The molecule has 0 bridgehead atoms. The predicted molar refractivity (Wildman–Crippen MR) is 75.1 cm³/mol. The van der Waals surface area contributed by atoms with Crippen LogP contribution in [0, 0.1) is 0 Å². The fraction of sp³-hybridized carbons (Fsp3) is 0.462. The zero-order valence-corrected chi connectivity index (χ0v) is 12.4. The van der Waals surface area contributed by atoms with E-state index in [-0.39, 0.29) is 12.2 Å². The highest BCUT2D eigenvalue weighted by atomic mass is 79.9. The fourth-order valence-corrected chi connectivity index (χ4v) is 2.51. The minimum Gasteiger partial charge on any atom is -0.446 e. The van der Waals surface area contributed by atoms with Gasteiger partial charge in [-0.1, -0.05) is 11.5 Å². The lowest BCUT2D eigenvalue weighted by molar-refractivity contribution is 0.111. The molecule has 0 spiro atoms. The van der Waals surface area contributed by atoms with Crippen molar-refractivity contribution in [2.45, 2.75) is 38.2 Å². The van der Waals surface area contributed by atoms with Crippen LogP contribution in [0.1, 0.15) is 32.1 Å². The molecule has 2 aromatic heterocycles. The molecule has 1 aliphatic rings. The van der Waals surface area contributed by atoms with Crippen molar-refractivity contribution >= 4 is 15.9 Å². The van der Waals surface area contributed by atoms with Crippen molar-refractivity contribution in [2.24, 2.45) is 0 Å². The molecule has 106 valence electrons. The van der Waals surface area contributed by atoms with Crippen molar-refractivity contribution in [3.8, 4) is 11.9 Å². The first-order valence-electron chi connectivity index (χ1n) is 6.61. The van der Waals surface area contributed by atoms with Crippen molar-refractivity contribution < 1.29 is 9.15 Å². The molecule has 7 heteroatoms. The zero-order chi connectivity index (χ0) is 13.9. The largest absolute Gasteiger partial charge is 0.446 e. The van der Waals surface area contributed by atoms with Gasteiger partial charge < -0.3 is 9.15 Å². The second-order valence-corrected chi connectivity index (χ2v) is 5.67. The van der Waals surface area contributed by atoms with Crippen LogP contribution in [0.5, 0.6) is 6.08 Å². The summed E-state index contributed by atoms with van der Waals surface area (Å²) in [7, 11) is 0. The van der Waals surface area contributed by atoms with Crippen LogP contribution in [-0.2, 0) is 0 Å². The molecule has 1 fully saturated rings. The Labute approximate surface area is 123 Å². The van der Waals surface area contributed by atoms with E-state index in [1.165, 1.54) is 6.42 Å². The summed E-state index contributed by atoms with van der Waals surface area (Å²) in [5.41, 5.74) is 0. The summed E-state index contributed by atoms with van der Waals surface area (Å²) < 4.78 is 12.6. The van der Waals surface area contributed by atoms with Gasteiger partial charge in [-0.05, 0) is 53.7 Å². The lowest BCUT2D eigenvalue weighted by atomic mass is 9.98. The number of ether oxygens (including phenoxy) is 1. The van der Waals surface area contributed by atoms with E-state index in [2.05, 4.69) is 26.0 Å². The molecular weight excluding hydrogens is 326 g/mol. The molecule has 1 aliphatic carbocycles. The number of aromatic nitrogens is 3. The number of pyridine rings is 1. The Morgan fingerprint density at radius 3 is 2.80 bits per heavy atom. The smallest absolute Gasteiger partial charge is 0.445 e. The summed E-state index contributed by atoms with van der Waals surface area (Å²) in [4.78, 5) is 15.9. The first-order chi connectivity index (χ1) is 9.72. The van der Waals surface area contributed by atoms with Crippen LogP contribution < -0.4 is 10.5 Å². The Morgan fingerprint density at radius 2 is 2.10 bits per heavy atom. The Balaban J connectivity index is 1.80.